The second-order valence-electron chi connectivity index (χ2n) is 6.20. The molecule has 1 saturated heterocycles. The Kier molecular flexibility index (Phi) is 4.33. The zero-order valence-corrected chi connectivity index (χ0v) is 13.8. The van der Waals surface area contributed by atoms with Crippen LogP contribution in [0.1, 0.15) is 12.0 Å². The summed E-state index contributed by atoms with van der Waals surface area (Å²) in [6, 6.07) is 5.07. The van der Waals surface area contributed by atoms with E-state index in [1.165, 1.54) is 13.2 Å². The minimum Gasteiger partial charge on any atom is -0.493 e. The van der Waals surface area contributed by atoms with Gasteiger partial charge in [0.2, 0.25) is 0 Å². The number of alkyl halides is 3. The van der Waals surface area contributed by atoms with Crippen molar-refractivity contribution >= 4 is 18.0 Å². The zero-order valence-electron chi connectivity index (χ0n) is 13.8. The summed E-state index contributed by atoms with van der Waals surface area (Å²) in [4.78, 5) is 24.7. The Morgan fingerprint density at radius 2 is 2.08 bits per heavy atom. The molecule has 1 N–H and O–H groups in total. The van der Waals surface area contributed by atoms with E-state index in [-0.39, 0.29) is 18.7 Å². The minimum absolute atomic E-state index is 0.130. The fourth-order valence-corrected chi connectivity index (χ4v) is 3.18. The molecule has 26 heavy (non-hydrogen) atoms. The van der Waals surface area contributed by atoms with Gasteiger partial charge in [-0.3, -0.25) is 9.59 Å². The van der Waals surface area contributed by atoms with Gasteiger partial charge < -0.3 is 19.5 Å². The van der Waals surface area contributed by atoms with Crippen LogP contribution in [0.5, 0.6) is 11.5 Å². The van der Waals surface area contributed by atoms with Crippen molar-refractivity contribution < 1.29 is 37.3 Å². The first-order valence-electron chi connectivity index (χ1n) is 7.79. The number of carbonyl (C=O) groups is 2. The number of amides is 1. The number of hydrogen-bond donors (Lipinski definition) is 1. The first kappa shape index (κ1) is 18.1. The molecule has 0 spiro atoms. The third kappa shape index (κ3) is 2.77. The lowest BCUT2D eigenvalue weighted by molar-refractivity contribution is -0.227. The highest BCUT2D eigenvalue weighted by Crippen LogP contribution is 2.46. The fraction of sp³-hybridized carbons (Fsp3) is 0.412. The van der Waals surface area contributed by atoms with Gasteiger partial charge >= 0.3 is 12.1 Å². The number of ether oxygens (including phenoxy) is 2. The molecule has 0 aromatic heterocycles. The van der Waals surface area contributed by atoms with E-state index >= 15 is 0 Å². The molecule has 1 atom stereocenters. The van der Waals surface area contributed by atoms with Crippen LogP contribution in [0.4, 0.5) is 13.2 Å². The van der Waals surface area contributed by atoms with Gasteiger partial charge in [-0.2, -0.15) is 13.2 Å². The summed E-state index contributed by atoms with van der Waals surface area (Å²) in [6.45, 7) is -1.32. The van der Waals surface area contributed by atoms with E-state index in [0.717, 1.165) is 4.90 Å². The zero-order chi connectivity index (χ0) is 19.1. The second kappa shape index (κ2) is 6.22. The Labute approximate surface area is 146 Å². The molecule has 2 aliphatic rings. The van der Waals surface area contributed by atoms with Crippen molar-refractivity contribution in [3.8, 4) is 11.5 Å². The first-order valence-corrected chi connectivity index (χ1v) is 7.79. The number of methoxy groups -OCH3 is 1. The van der Waals surface area contributed by atoms with Gasteiger partial charge in [0.1, 0.15) is 6.61 Å². The predicted molar refractivity (Wildman–Crippen MR) is 83.8 cm³/mol. The molecule has 0 bridgehead atoms. The summed E-state index contributed by atoms with van der Waals surface area (Å²) in [5.41, 5.74) is -2.20. The summed E-state index contributed by atoms with van der Waals surface area (Å²) < 4.78 is 50.4. The monoisotopic (exact) mass is 371 g/mol. The van der Waals surface area contributed by atoms with Crippen LogP contribution in [0.2, 0.25) is 0 Å². The number of benzene rings is 1. The number of para-hydroxylation sites is 1. The number of nitrogens with zero attached hydrogens (tertiary/aromatic N) is 1. The highest BCUT2D eigenvalue weighted by molar-refractivity contribution is 6.00. The van der Waals surface area contributed by atoms with Crippen LogP contribution < -0.4 is 9.47 Å². The van der Waals surface area contributed by atoms with Gasteiger partial charge in [0.05, 0.1) is 12.7 Å². The number of carbonyl (C=O) groups excluding carboxylic acids is 1. The van der Waals surface area contributed by atoms with Crippen molar-refractivity contribution in [3.05, 3.63) is 29.3 Å². The standard InChI is InChI=1S/C17H16F3NO5/c1-25-12-4-2-3-10-7-11(8-26-13(10)12)14(22)21-6-5-16(9-21,15(23)24)17(18,19)20/h2-4,7H,5-6,8-9H2,1H3,(H,23,24). The highest BCUT2D eigenvalue weighted by atomic mass is 19.4. The van der Waals surface area contributed by atoms with Gasteiger partial charge in [0.15, 0.2) is 16.9 Å². The molecule has 1 aromatic carbocycles. The average Bonchev–Trinajstić information content (AvgIpc) is 3.07. The molecule has 0 radical (unpaired) electrons. The van der Waals surface area contributed by atoms with Crippen LogP contribution in [0.3, 0.4) is 0 Å². The molecule has 2 heterocycles. The molecule has 0 saturated carbocycles. The molecule has 1 amide bonds. The van der Waals surface area contributed by atoms with Crippen molar-refractivity contribution in [2.45, 2.75) is 12.6 Å². The van der Waals surface area contributed by atoms with Crippen LogP contribution in [-0.4, -0.2) is 54.9 Å². The molecular weight excluding hydrogens is 355 g/mol. The van der Waals surface area contributed by atoms with E-state index < -0.39 is 36.4 Å². The van der Waals surface area contributed by atoms with Gasteiger partial charge in [0, 0.05) is 18.7 Å². The SMILES string of the molecule is COc1cccc2c1OCC(C(=O)N1CCC(C(=O)O)(C(F)(F)F)C1)=C2. The third-order valence-electron chi connectivity index (χ3n) is 4.71. The number of carboxylic acids is 1. The summed E-state index contributed by atoms with van der Waals surface area (Å²) in [5, 5.41) is 9.09. The van der Waals surface area contributed by atoms with Gasteiger partial charge in [0.25, 0.3) is 5.91 Å². The summed E-state index contributed by atoms with van der Waals surface area (Å²) in [7, 11) is 1.47. The van der Waals surface area contributed by atoms with E-state index in [9.17, 15) is 22.8 Å². The molecule has 1 unspecified atom stereocenters. The number of hydrogen-bond acceptors (Lipinski definition) is 4. The lowest BCUT2D eigenvalue weighted by Crippen LogP contribution is -2.48. The second-order valence-corrected chi connectivity index (χ2v) is 6.20. The number of aliphatic carboxylic acids is 1. The minimum atomic E-state index is -4.94. The van der Waals surface area contributed by atoms with Crippen LogP contribution in [-0.2, 0) is 9.59 Å². The predicted octanol–water partition coefficient (Wildman–Crippen LogP) is 2.34. The van der Waals surface area contributed by atoms with Crippen molar-refractivity contribution in [3.63, 3.8) is 0 Å². The van der Waals surface area contributed by atoms with Crippen molar-refractivity contribution in [1.82, 2.24) is 4.90 Å². The Balaban J connectivity index is 1.85. The Bertz CT molecular complexity index is 789. The third-order valence-corrected chi connectivity index (χ3v) is 4.71. The average molecular weight is 371 g/mol. The van der Waals surface area contributed by atoms with Crippen molar-refractivity contribution in [2.75, 3.05) is 26.8 Å². The van der Waals surface area contributed by atoms with Crippen LogP contribution in [0, 0.1) is 5.41 Å². The van der Waals surface area contributed by atoms with Gasteiger partial charge in [-0.05, 0) is 18.6 Å². The number of likely N-dealkylation sites (tertiary alicyclic amines) is 1. The normalized spacial score (nSPS) is 22.3. The molecule has 9 heteroatoms. The largest absolute Gasteiger partial charge is 0.493 e. The number of carboxylic acid groups (broad SMARTS) is 1. The lowest BCUT2D eigenvalue weighted by Gasteiger charge is -2.28. The number of rotatable bonds is 3. The van der Waals surface area contributed by atoms with Crippen LogP contribution in [0.25, 0.3) is 6.08 Å². The van der Waals surface area contributed by atoms with Gasteiger partial charge in [-0.15, -0.1) is 0 Å². The topological polar surface area (TPSA) is 76.1 Å². The Morgan fingerprint density at radius 3 is 2.65 bits per heavy atom. The summed E-state index contributed by atoms with van der Waals surface area (Å²) in [6.07, 6.45) is -4.08. The molecule has 6 nitrogen and oxygen atoms in total. The Hall–Kier alpha value is -2.71. The maximum atomic E-state index is 13.3. The molecule has 140 valence electrons. The van der Waals surface area contributed by atoms with E-state index in [1.54, 1.807) is 18.2 Å². The first-order chi connectivity index (χ1) is 12.2. The van der Waals surface area contributed by atoms with Crippen LogP contribution >= 0.6 is 0 Å². The smallest absolute Gasteiger partial charge is 0.406 e. The molecule has 2 aliphatic heterocycles. The van der Waals surface area contributed by atoms with Crippen LogP contribution in [0.15, 0.2) is 23.8 Å². The molecule has 1 aromatic rings. The summed E-state index contributed by atoms with van der Waals surface area (Å²) in [5.74, 6) is -1.70. The lowest BCUT2D eigenvalue weighted by atomic mass is 9.86. The summed E-state index contributed by atoms with van der Waals surface area (Å²) >= 11 is 0. The van der Waals surface area contributed by atoms with E-state index in [2.05, 4.69) is 0 Å². The number of fused-ring (bicyclic) bond motifs is 1. The van der Waals surface area contributed by atoms with Crippen molar-refractivity contribution in [1.29, 1.82) is 0 Å². The number of halogens is 3. The Morgan fingerprint density at radius 1 is 1.35 bits per heavy atom. The van der Waals surface area contributed by atoms with Crippen molar-refractivity contribution in [2.24, 2.45) is 5.41 Å². The van der Waals surface area contributed by atoms with E-state index in [0.29, 0.717) is 17.1 Å². The fourth-order valence-electron chi connectivity index (χ4n) is 3.18. The van der Waals surface area contributed by atoms with Gasteiger partial charge in [-0.1, -0.05) is 12.1 Å². The van der Waals surface area contributed by atoms with E-state index in [4.69, 9.17) is 14.6 Å². The molecular formula is C17H16F3NO5. The molecule has 3 rings (SSSR count). The molecule has 1 fully saturated rings. The maximum Gasteiger partial charge on any atom is 0.406 e. The van der Waals surface area contributed by atoms with E-state index in [1.807, 2.05) is 0 Å². The van der Waals surface area contributed by atoms with Gasteiger partial charge in [-0.25, -0.2) is 0 Å². The quantitative estimate of drug-likeness (QED) is 0.883. The molecule has 0 aliphatic carbocycles. The highest BCUT2D eigenvalue weighted by Gasteiger charge is 2.64. The maximum absolute atomic E-state index is 13.3.